The Morgan fingerprint density at radius 3 is 3.00 bits per heavy atom. The quantitative estimate of drug-likeness (QED) is 0.797. The van der Waals surface area contributed by atoms with Gasteiger partial charge in [-0.15, -0.1) is 0 Å². The Hall–Kier alpha value is -1.35. The summed E-state index contributed by atoms with van der Waals surface area (Å²) in [5.41, 5.74) is 1.95. The van der Waals surface area contributed by atoms with Crippen LogP contribution in [-0.2, 0) is 6.42 Å². The number of fused-ring (bicyclic) bond motifs is 1. The molecule has 15 heavy (non-hydrogen) atoms. The first-order valence-electron chi connectivity index (χ1n) is 5.10. The van der Waals surface area contributed by atoms with Crippen LogP contribution in [0.3, 0.4) is 0 Å². The van der Waals surface area contributed by atoms with Gasteiger partial charge in [0.25, 0.3) is 0 Å². The Morgan fingerprint density at radius 1 is 1.47 bits per heavy atom. The summed E-state index contributed by atoms with van der Waals surface area (Å²) in [5, 5.41) is 10.2. The average molecular weight is 207 g/mol. The molecule has 2 nitrogen and oxygen atoms in total. The minimum absolute atomic E-state index is 0.230. The van der Waals surface area contributed by atoms with E-state index in [4.69, 9.17) is 0 Å². The fourth-order valence-corrected chi connectivity index (χ4v) is 1.73. The highest BCUT2D eigenvalue weighted by molar-refractivity contribution is 5.83. The van der Waals surface area contributed by atoms with Crippen LogP contribution >= 0.6 is 0 Å². The molecule has 0 unspecified atom stereocenters. The Kier molecular flexibility index (Phi) is 2.73. The van der Waals surface area contributed by atoms with Crippen LogP contribution in [0.25, 0.3) is 10.9 Å². The van der Waals surface area contributed by atoms with Gasteiger partial charge < -0.3 is 10.1 Å². The van der Waals surface area contributed by atoms with Crippen molar-refractivity contribution >= 4 is 10.9 Å². The zero-order valence-electron chi connectivity index (χ0n) is 8.63. The zero-order valence-corrected chi connectivity index (χ0v) is 8.63. The summed E-state index contributed by atoms with van der Waals surface area (Å²) >= 11 is 0. The minimum atomic E-state index is -0.296. The molecule has 2 rings (SSSR count). The van der Waals surface area contributed by atoms with Gasteiger partial charge in [-0.3, -0.25) is 0 Å². The summed E-state index contributed by atoms with van der Waals surface area (Å²) in [4.78, 5) is 3.03. The van der Waals surface area contributed by atoms with Crippen LogP contribution in [0.1, 0.15) is 18.9 Å². The number of hydrogen-bond acceptors (Lipinski definition) is 1. The van der Waals surface area contributed by atoms with Gasteiger partial charge in [-0.1, -0.05) is 0 Å². The first-order chi connectivity index (χ1) is 7.16. The number of benzene rings is 1. The fourth-order valence-electron chi connectivity index (χ4n) is 1.73. The third-order valence-electron chi connectivity index (χ3n) is 2.56. The van der Waals surface area contributed by atoms with Gasteiger partial charge >= 0.3 is 0 Å². The van der Waals surface area contributed by atoms with Gasteiger partial charge in [0.1, 0.15) is 5.82 Å². The van der Waals surface area contributed by atoms with E-state index in [1.165, 1.54) is 12.1 Å². The van der Waals surface area contributed by atoms with Crippen LogP contribution in [0.2, 0.25) is 0 Å². The van der Waals surface area contributed by atoms with E-state index >= 15 is 0 Å². The summed E-state index contributed by atoms with van der Waals surface area (Å²) in [6.45, 7) is 1.77. The molecule has 2 aromatic rings. The van der Waals surface area contributed by atoms with E-state index in [1.54, 1.807) is 13.0 Å². The lowest BCUT2D eigenvalue weighted by Gasteiger charge is -2.02. The van der Waals surface area contributed by atoms with Crippen LogP contribution in [0.15, 0.2) is 24.4 Å². The summed E-state index contributed by atoms with van der Waals surface area (Å²) in [5.74, 6) is -0.230. The van der Waals surface area contributed by atoms with E-state index in [0.29, 0.717) is 0 Å². The summed E-state index contributed by atoms with van der Waals surface area (Å²) in [6.07, 6.45) is 3.12. The summed E-state index contributed by atoms with van der Waals surface area (Å²) < 4.78 is 12.9. The van der Waals surface area contributed by atoms with Crippen molar-refractivity contribution in [1.29, 1.82) is 0 Å². The van der Waals surface area contributed by atoms with Gasteiger partial charge in [0.15, 0.2) is 0 Å². The van der Waals surface area contributed by atoms with Gasteiger partial charge in [-0.2, -0.15) is 0 Å². The molecule has 80 valence electrons. The minimum Gasteiger partial charge on any atom is -0.393 e. The van der Waals surface area contributed by atoms with Gasteiger partial charge in [-0.25, -0.2) is 4.39 Å². The maximum absolute atomic E-state index is 12.9. The van der Waals surface area contributed by atoms with Crippen LogP contribution in [0, 0.1) is 5.82 Å². The van der Waals surface area contributed by atoms with Crippen LogP contribution in [-0.4, -0.2) is 16.2 Å². The van der Waals surface area contributed by atoms with Crippen LogP contribution < -0.4 is 0 Å². The Balaban J connectivity index is 2.29. The number of hydrogen-bond donors (Lipinski definition) is 2. The third-order valence-corrected chi connectivity index (χ3v) is 2.56. The molecule has 0 aliphatic heterocycles. The molecule has 2 N–H and O–H groups in total. The molecule has 1 aromatic carbocycles. The van der Waals surface area contributed by atoms with Crippen molar-refractivity contribution in [1.82, 2.24) is 4.98 Å². The van der Waals surface area contributed by atoms with Crippen molar-refractivity contribution in [3.8, 4) is 0 Å². The highest BCUT2D eigenvalue weighted by Gasteiger charge is 2.05. The third kappa shape index (κ3) is 2.18. The monoisotopic (exact) mass is 207 g/mol. The largest absolute Gasteiger partial charge is 0.393 e. The van der Waals surface area contributed by atoms with Crippen LogP contribution in [0.4, 0.5) is 4.39 Å². The van der Waals surface area contributed by atoms with E-state index in [2.05, 4.69) is 4.98 Å². The lowest BCUT2D eigenvalue weighted by atomic mass is 10.1. The lowest BCUT2D eigenvalue weighted by Crippen LogP contribution is -2.00. The standard InChI is InChI=1S/C12H14FNO/c1-8(15)2-3-9-7-14-12-6-10(13)4-5-11(9)12/h4-8,14-15H,2-3H2,1H3/t8-/m1/s1. The van der Waals surface area contributed by atoms with Gasteiger partial charge in [0.2, 0.25) is 0 Å². The van der Waals surface area contributed by atoms with E-state index in [-0.39, 0.29) is 11.9 Å². The molecule has 0 aliphatic carbocycles. The molecule has 0 bridgehead atoms. The topological polar surface area (TPSA) is 36.0 Å². The van der Waals surface area contributed by atoms with Crippen molar-refractivity contribution in [2.24, 2.45) is 0 Å². The summed E-state index contributed by atoms with van der Waals surface area (Å²) in [6, 6.07) is 4.72. The molecule has 0 spiro atoms. The Morgan fingerprint density at radius 2 is 2.27 bits per heavy atom. The van der Waals surface area contributed by atoms with E-state index in [0.717, 1.165) is 29.3 Å². The predicted octanol–water partition coefficient (Wildman–Crippen LogP) is 2.62. The lowest BCUT2D eigenvalue weighted by molar-refractivity contribution is 0.185. The number of aryl methyl sites for hydroxylation is 1. The molecule has 1 aromatic heterocycles. The van der Waals surface area contributed by atoms with Crippen LogP contribution in [0.5, 0.6) is 0 Å². The molecule has 1 heterocycles. The molecule has 0 radical (unpaired) electrons. The van der Waals surface area contributed by atoms with Crippen molar-refractivity contribution in [3.63, 3.8) is 0 Å². The molecule has 3 heteroatoms. The molecular formula is C12H14FNO. The molecule has 0 amide bonds. The second-order valence-corrected chi connectivity index (χ2v) is 3.89. The maximum Gasteiger partial charge on any atom is 0.125 e. The first-order valence-corrected chi connectivity index (χ1v) is 5.10. The maximum atomic E-state index is 12.9. The molecule has 0 saturated carbocycles. The van der Waals surface area contributed by atoms with Gasteiger partial charge in [0.05, 0.1) is 6.10 Å². The number of halogens is 1. The predicted molar refractivity (Wildman–Crippen MR) is 58.3 cm³/mol. The molecule has 0 saturated heterocycles. The number of aliphatic hydroxyl groups is 1. The van der Waals surface area contributed by atoms with Gasteiger partial charge in [0, 0.05) is 17.1 Å². The smallest absolute Gasteiger partial charge is 0.125 e. The van der Waals surface area contributed by atoms with E-state index in [9.17, 15) is 9.50 Å². The zero-order chi connectivity index (χ0) is 10.8. The normalized spacial score (nSPS) is 13.3. The summed E-state index contributed by atoms with van der Waals surface area (Å²) in [7, 11) is 0. The van der Waals surface area contributed by atoms with E-state index < -0.39 is 0 Å². The van der Waals surface area contributed by atoms with Gasteiger partial charge in [-0.05, 0) is 43.5 Å². The molecular weight excluding hydrogens is 193 g/mol. The average Bonchev–Trinajstić information content (AvgIpc) is 2.57. The molecule has 1 atom stereocenters. The van der Waals surface area contributed by atoms with Crippen molar-refractivity contribution in [2.75, 3.05) is 0 Å². The number of nitrogens with one attached hydrogen (secondary N) is 1. The fraction of sp³-hybridized carbons (Fsp3) is 0.333. The molecule has 0 fully saturated rings. The van der Waals surface area contributed by atoms with E-state index in [1.807, 2.05) is 6.20 Å². The number of aromatic amines is 1. The Bertz CT molecular complexity index is 462. The molecule has 0 aliphatic rings. The second kappa shape index (κ2) is 4.03. The number of aliphatic hydroxyl groups excluding tert-OH is 1. The first kappa shape index (κ1) is 10.2. The SMILES string of the molecule is C[C@@H](O)CCc1c[nH]c2cc(F)ccc12. The van der Waals surface area contributed by atoms with Crippen molar-refractivity contribution in [3.05, 3.63) is 35.8 Å². The highest BCUT2D eigenvalue weighted by Crippen LogP contribution is 2.20. The number of H-pyrrole nitrogens is 1. The highest BCUT2D eigenvalue weighted by atomic mass is 19.1. The number of aromatic nitrogens is 1. The van der Waals surface area contributed by atoms with Crippen molar-refractivity contribution < 1.29 is 9.50 Å². The Labute approximate surface area is 87.7 Å². The number of rotatable bonds is 3. The second-order valence-electron chi connectivity index (χ2n) is 3.89. The van der Waals surface area contributed by atoms with Crippen molar-refractivity contribution in [2.45, 2.75) is 25.9 Å².